The van der Waals surface area contributed by atoms with E-state index in [1.807, 2.05) is 0 Å². The third kappa shape index (κ3) is 5.64. The molecule has 0 aliphatic rings. The first kappa shape index (κ1) is 19.0. The molecule has 0 unspecified atom stereocenters. The molecule has 8 nitrogen and oxygen atoms in total. The van der Waals surface area contributed by atoms with Gasteiger partial charge >= 0.3 is 5.97 Å². The lowest BCUT2D eigenvalue weighted by molar-refractivity contribution is -0.384. The zero-order valence-electron chi connectivity index (χ0n) is 13.8. The first-order valence-corrected chi connectivity index (χ1v) is 8.02. The zero-order valence-corrected chi connectivity index (χ0v) is 14.7. The number of hydrogen-bond donors (Lipinski definition) is 2. The monoisotopic (exact) mass is 372 g/mol. The maximum atomic E-state index is 11.6. The Balaban J connectivity index is 1.86. The van der Waals surface area contributed by atoms with Gasteiger partial charge in [0.25, 0.3) is 5.69 Å². The summed E-state index contributed by atoms with van der Waals surface area (Å²) in [6.45, 7) is 2.06. The Kier molecular flexibility index (Phi) is 6.75. The number of non-ortho nitro benzene ring substituents is 1. The second-order valence-corrected chi connectivity index (χ2v) is 5.38. The van der Waals surface area contributed by atoms with E-state index in [0.717, 1.165) is 0 Å². The minimum Gasteiger partial charge on any atom is -0.462 e. The molecule has 0 aliphatic carbocycles. The van der Waals surface area contributed by atoms with E-state index in [2.05, 4.69) is 15.8 Å². The van der Waals surface area contributed by atoms with E-state index < -0.39 is 4.92 Å². The second-order valence-electron chi connectivity index (χ2n) is 4.97. The van der Waals surface area contributed by atoms with Crippen LogP contribution in [0.25, 0.3) is 0 Å². The van der Waals surface area contributed by atoms with Crippen LogP contribution in [0.15, 0.2) is 53.6 Å². The Labute approximate surface area is 155 Å². The molecule has 26 heavy (non-hydrogen) atoms. The molecular formula is C17H16N4O4S. The third-order valence-corrected chi connectivity index (χ3v) is 3.33. The van der Waals surface area contributed by atoms with Crippen molar-refractivity contribution in [2.24, 2.45) is 5.10 Å². The average Bonchev–Trinajstić information content (AvgIpc) is 2.63. The van der Waals surface area contributed by atoms with Gasteiger partial charge in [0.15, 0.2) is 5.11 Å². The standard InChI is InChI=1S/C17H16N4O4S/c1-2-25-16(22)13-5-7-14(8-6-13)19-17(26)20-18-11-12-3-9-15(10-4-12)21(23)24/h3-11H,2H2,1H3,(H2,19,20,26). The van der Waals surface area contributed by atoms with Gasteiger partial charge in [0, 0.05) is 17.8 Å². The van der Waals surface area contributed by atoms with Crippen molar-refractivity contribution in [3.8, 4) is 0 Å². The number of nitrogens with zero attached hydrogens (tertiary/aromatic N) is 2. The summed E-state index contributed by atoms with van der Waals surface area (Å²) in [6.07, 6.45) is 1.49. The van der Waals surface area contributed by atoms with Crippen LogP contribution >= 0.6 is 12.2 Å². The fraction of sp³-hybridized carbons (Fsp3) is 0.118. The van der Waals surface area contributed by atoms with Crippen molar-refractivity contribution >= 4 is 40.9 Å². The number of thiocarbonyl (C=S) groups is 1. The van der Waals surface area contributed by atoms with Crippen LogP contribution in [0.1, 0.15) is 22.8 Å². The largest absolute Gasteiger partial charge is 0.462 e. The highest BCUT2D eigenvalue weighted by atomic mass is 32.1. The van der Waals surface area contributed by atoms with E-state index in [1.54, 1.807) is 43.3 Å². The van der Waals surface area contributed by atoms with Gasteiger partial charge in [0.2, 0.25) is 0 Å². The number of carbonyl (C=O) groups excluding carboxylic acids is 1. The van der Waals surface area contributed by atoms with Crippen molar-refractivity contribution in [2.75, 3.05) is 11.9 Å². The van der Waals surface area contributed by atoms with Crippen molar-refractivity contribution < 1.29 is 14.5 Å². The highest BCUT2D eigenvalue weighted by Gasteiger charge is 2.06. The first-order valence-electron chi connectivity index (χ1n) is 7.61. The van der Waals surface area contributed by atoms with Crippen molar-refractivity contribution in [2.45, 2.75) is 6.92 Å². The Bertz CT molecular complexity index is 820. The SMILES string of the molecule is CCOC(=O)c1ccc(NC(=S)NN=Cc2ccc([N+](=O)[O-])cc2)cc1. The molecule has 9 heteroatoms. The summed E-state index contributed by atoms with van der Waals surface area (Å²) in [5.74, 6) is -0.382. The van der Waals surface area contributed by atoms with Crippen LogP contribution in [0.2, 0.25) is 0 Å². The molecule has 0 bridgehead atoms. The van der Waals surface area contributed by atoms with E-state index >= 15 is 0 Å². The van der Waals surface area contributed by atoms with Gasteiger partial charge in [0.05, 0.1) is 23.3 Å². The minimum atomic E-state index is -0.467. The number of hydrogen-bond acceptors (Lipinski definition) is 6. The molecule has 0 spiro atoms. The van der Waals surface area contributed by atoms with E-state index in [0.29, 0.717) is 23.4 Å². The number of esters is 1. The summed E-state index contributed by atoms with van der Waals surface area (Å²) in [7, 11) is 0. The second kappa shape index (κ2) is 9.23. The minimum absolute atomic E-state index is 0.0126. The lowest BCUT2D eigenvalue weighted by Gasteiger charge is -2.07. The maximum Gasteiger partial charge on any atom is 0.338 e. The van der Waals surface area contributed by atoms with Crippen LogP contribution in [-0.4, -0.2) is 28.8 Å². The van der Waals surface area contributed by atoms with Crippen molar-refractivity contribution in [1.82, 2.24) is 5.43 Å². The molecule has 2 aromatic carbocycles. The Morgan fingerprint density at radius 1 is 1.23 bits per heavy atom. The molecule has 2 aromatic rings. The summed E-state index contributed by atoms with van der Waals surface area (Å²) in [5.41, 5.74) is 4.47. The topological polar surface area (TPSA) is 106 Å². The Morgan fingerprint density at radius 3 is 2.46 bits per heavy atom. The highest BCUT2D eigenvalue weighted by molar-refractivity contribution is 7.80. The molecule has 2 rings (SSSR count). The number of hydrazone groups is 1. The van der Waals surface area contributed by atoms with Gasteiger partial charge in [-0.15, -0.1) is 0 Å². The van der Waals surface area contributed by atoms with Gasteiger partial charge in [-0.3, -0.25) is 15.5 Å². The number of benzene rings is 2. The van der Waals surface area contributed by atoms with E-state index in [1.165, 1.54) is 18.3 Å². The molecule has 0 saturated heterocycles. The molecule has 0 atom stereocenters. The summed E-state index contributed by atoms with van der Waals surface area (Å²) < 4.78 is 4.91. The lowest BCUT2D eigenvalue weighted by Crippen LogP contribution is -2.23. The van der Waals surface area contributed by atoms with Gasteiger partial charge in [-0.2, -0.15) is 5.10 Å². The number of nitro groups is 1. The Hall–Kier alpha value is -3.33. The zero-order chi connectivity index (χ0) is 18.9. The van der Waals surface area contributed by atoms with Gasteiger partial charge in [-0.25, -0.2) is 4.79 Å². The number of anilines is 1. The van der Waals surface area contributed by atoms with Gasteiger partial charge < -0.3 is 10.1 Å². The van der Waals surface area contributed by atoms with Crippen LogP contribution in [-0.2, 0) is 4.74 Å². The lowest BCUT2D eigenvalue weighted by atomic mass is 10.2. The fourth-order valence-electron chi connectivity index (χ4n) is 1.91. The molecule has 0 saturated carbocycles. The fourth-order valence-corrected chi connectivity index (χ4v) is 2.08. The smallest absolute Gasteiger partial charge is 0.338 e. The quantitative estimate of drug-likeness (QED) is 0.264. The predicted octanol–water partition coefficient (Wildman–Crippen LogP) is 3.09. The summed E-state index contributed by atoms with van der Waals surface area (Å²) >= 11 is 5.12. The molecule has 0 aliphatic heterocycles. The Morgan fingerprint density at radius 2 is 1.88 bits per heavy atom. The van der Waals surface area contributed by atoms with Gasteiger partial charge in [0.1, 0.15) is 0 Å². The molecule has 0 fully saturated rings. The average molecular weight is 372 g/mol. The predicted molar refractivity (Wildman–Crippen MR) is 102 cm³/mol. The van der Waals surface area contributed by atoms with Crippen molar-refractivity contribution in [3.63, 3.8) is 0 Å². The van der Waals surface area contributed by atoms with Crippen LogP contribution in [0.5, 0.6) is 0 Å². The van der Waals surface area contributed by atoms with E-state index in [9.17, 15) is 14.9 Å². The molecule has 0 heterocycles. The molecule has 2 N–H and O–H groups in total. The highest BCUT2D eigenvalue weighted by Crippen LogP contribution is 2.11. The summed E-state index contributed by atoms with van der Waals surface area (Å²) in [5, 5.41) is 17.7. The van der Waals surface area contributed by atoms with Crippen LogP contribution < -0.4 is 10.7 Å². The third-order valence-electron chi connectivity index (χ3n) is 3.14. The van der Waals surface area contributed by atoms with E-state index in [-0.39, 0.29) is 16.8 Å². The van der Waals surface area contributed by atoms with E-state index in [4.69, 9.17) is 17.0 Å². The molecule has 0 aromatic heterocycles. The van der Waals surface area contributed by atoms with Crippen LogP contribution in [0.3, 0.4) is 0 Å². The molecule has 0 amide bonds. The molecular weight excluding hydrogens is 356 g/mol. The van der Waals surface area contributed by atoms with Crippen LogP contribution in [0, 0.1) is 10.1 Å². The summed E-state index contributed by atoms with van der Waals surface area (Å²) in [6, 6.07) is 12.6. The van der Waals surface area contributed by atoms with Crippen molar-refractivity contribution in [1.29, 1.82) is 0 Å². The number of nitro benzene ring substituents is 1. The van der Waals surface area contributed by atoms with Gasteiger partial charge in [-0.1, -0.05) is 0 Å². The van der Waals surface area contributed by atoms with Crippen LogP contribution in [0.4, 0.5) is 11.4 Å². The first-order chi connectivity index (χ1) is 12.5. The number of carbonyl (C=O) groups is 1. The molecule has 134 valence electrons. The van der Waals surface area contributed by atoms with Gasteiger partial charge in [-0.05, 0) is 61.1 Å². The number of ether oxygens (including phenoxy) is 1. The number of rotatable bonds is 6. The summed E-state index contributed by atoms with van der Waals surface area (Å²) in [4.78, 5) is 21.7. The number of nitrogens with one attached hydrogen (secondary N) is 2. The molecule has 0 radical (unpaired) electrons. The van der Waals surface area contributed by atoms with Crippen molar-refractivity contribution in [3.05, 3.63) is 69.8 Å². The normalized spacial score (nSPS) is 10.3. The maximum absolute atomic E-state index is 11.6.